The Morgan fingerprint density at radius 2 is 2.00 bits per heavy atom. The first-order valence-electron chi connectivity index (χ1n) is 7.54. The van der Waals surface area contributed by atoms with Crippen LogP contribution in [0.4, 0.5) is 0 Å². The van der Waals surface area contributed by atoms with Crippen LogP contribution in [0.1, 0.15) is 42.1 Å². The molecular formula is C16H24N2O. The summed E-state index contributed by atoms with van der Waals surface area (Å²) in [5.41, 5.74) is 5.44. The summed E-state index contributed by atoms with van der Waals surface area (Å²) >= 11 is 0. The number of nitrogens with zero attached hydrogens (tertiary/aromatic N) is 1. The minimum absolute atomic E-state index is 0.526. The van der Waals surface area contributed by atoms with Crippen molar-refractivity contribution in [3.8, 4) is 5.88 Å². The third kappa shape index (κ3) is 2.36. The highest BCUT2D eigenvalue weighted by atomic mass is 16.5. The normalized spacial score (nSPS) is 25.0. The van der Waals surface area contributed by atoms with Crippen LogP contribution in [0.3, 0.4) is 0 Å². The van der Waals surface area contributed by atoms with Crippen LogP contribution in [0.2, 0.25) is 0 Å². The van der Waals surface area contributed by atoms with E-state index in [0.29, 0.717) is 6.04 Å². The van der Waals surface area contributed by atoms with Crippen LogP contribution in [-0.4, -0.2) is 24.2 Å². The number of aryl methyl sites for hydroxylation is 1. The lowest BCUT2D eigenvalue weighted by Gasteiger charge is -2.27. The fraction of sp³-hybridized carbons (Fsp3) is 0.688. The molecule has 1 N–H and O–H groups in total. The molecule has 19 heavy (non-hydrogen) atoms. The summed E-state index contributed by atoms with van der Waals surface area (Å²) in [5.74, 6) is 1.67. The number of hydrogen-bond acceptors (Lipinski definition) is 3. The van der Waals surface area contributed by atoms with Crippen molar-refractivity contribution >= 4 is 0 Å². The maximum Gasteiger partial charge on any atom is 0.216 e. The van der Waals surface area contributed by atoms with E-state index in [1.165, 1.54) is 48.1 Å². The number of pyridine rings is 1. The number of hydrogen-bond donors (Lipinski definition) is 1. The van der Waals surface area contributed by atoms with Crippen LogP contribution < -0.4 is 10.1 Å². The maximum atomic E-state index is 5.94. The zero-order valence-corrected chi connectivity index (χ0v) is 12.3. The van der Waals surface area contributed by atoms with Gasteiger partial charge >= 0.3 is 0 Å². The summed E-state index contributed by atoms with van der Waals surface area (Å²) in [6.07, 6.45) is 4.89. The molecule has 1 aromatic rings. The Hall–Kier alpha value is -1.09. The van der Waals surface area contributed by atoms with Gasteiger partial charge in [-0.2, -0.15) is 0 Å². The standard InChI is InChI=1S/C16H24N2O/c1-4-12-7-14-10(2)16(18-11(3)15(14)8-12)19-9-13-5-6-17-13/h12-13,17H,4-9H2,1-3H3/t12?,13-/m0/s1. The number of fused-ring (bicyclic) bond motifs is 1. The van der Waals surface area contributed by atoms with Gasteiger partial charge < -0.3 is 10.1 Å². The third-order valence-electron chi connectivity index (χ3n) is 4.75. The van der Waals surface area contributed by atoms with Gasteiger partial charge in [0.2, 0.25) is 5.88 Å². The Bertz CT molecular complexity index is 480. The average molecular weight is 260 g/mol. The maximum absolute atomic E-state index is 5.94. The monoisotopic (exact) mass is 260 g/mol. The van der Waals surface area contributed by atoms with E-state index in [0.717, 1.165) is 24.9 Å². The quantitative estimate of drug-likeness (QED) is 0.903. The van der Waals surface area contributed by atoms with Crippen LogP contribution in [0.25, 0.3) is 0 Å². The summed E-state index contributed by atoms with van der Waals surface area (Å²) in [4.78, 5) is 4.69. The van der Waals surface area contributed by atoms with E-state index < -0.39 is 0 Å². The van der Waals surface area contributed by atoms with Crippen molar-refractivity contribution in [2.45, 2.75) is 52.5 Å². The molecule has 0 radical (unpaired) electrons. The second-order valence-electron chi connectivity index (χ2n) is 6.02. The van der Waals surface area contributed by atoms with E-state index in [9.17, 15) is 0 Å². The van der Waals surface area contributed by atoms with Crippen molar-refractivity contribution < 1.29 is 4.74 Å². The molecule has 1 aliphatic heterocycles. The van der Waals surface area contributed by atoms with Crippen molar-refractivity contribution in [1.82, 2.24) is 10.3 Å². The van der Waals surface area contributed by atoms with E-state index in [4.69, 9.17) is 9.72 Å². The van der Waals surface area contributed by atoms with Crippen molar-refractivity contribution in [2.75, 3.05) is 13.2 Å². The Morgan fingerprint density at radius 1 is 1.26 bits per heavy atom. The third-order valence-corrected chi connectivity index (χ3v) is 4.75. The molecule has 1 aliphatic carbocycles. The Kier molecular flexibility index (Phi) is 3.48. The largest absolute Gasteiger partial charge is 0.476 e. The molecule has 2 atom stereocenters. The summed E-state index contributed by atoms with van der Waals surface area (Å²) in [7, 11) is 0. The summed E-state index contributed by atoms with van der Waals surface area (Å²) in [5, 5.41) is 3.37. The van der Waals surface area contributed by atoms with Gasteiger partial charge in [-0.25, -0.2) is 4.98 Å². The minimum Gasteiger partial charge on any atom is -0.476 e. The minimum atomic E-state index is 0.526. The highest BCUT2D eigenvalue weighted by Gasteiger charge is 2.26. The van der Waals surface area contributed by atoms with Crippen molar-refractivity contribution in [3.63, 3.8) is 0 Å². The lowest BCUT2D eigenvalue weighted by molar-refractivity contribution is 0.210. The average Bonchev–Trinajstić information content (AvgIpc) is 2.78. The lowest BCUT2D eigenvalue weighted by atomic mass is 10.0. The first-order valence-corrected chi connectivity index (χ1v) is 7.54. The molecule has 1 fully saturated rings. The second-order valence-corrected chi connectivity index (χ2v) is 6.02. The Morgan fingerprint density at radius 3 is 2.63 bits per heavy atom. The molecule has 0 amide bonds. The number of rotatable bonds is 4. The first-order chi connectivity index (χ1) is 9.19. The van der Waals surface area contributed by atoms with Gasteiger partial charge in [0.05, 0.1) is 0 Å². The molecule has 1 aromatic heterocycles. The molecule has 3 nitrogen and oxygen atoms in total. The summed E-state index contributed by atoms with van der Waals surface area (Å²) in [6, 6.07) is 0.526. The molecule has 0 saturated carbocycles. The van der Waals surface area contributed by atoms with Crippen LogP contribution in [0, 0.1) is 19.8 Å². The number of aromatic nitrogens is 1. The van der Waals surface area contributed by atoms with Crippen molar-refractivity contribution in [2.24, 2.45) is 5.92 Å². The van der Waals surface area contributed by atoms with Crippen LogP contribution >= 0.6 is 0 Å². The van der Waals surface area contributed by atoms with Gasteiger partial charge in [0.1, 0.15) is 6.61 Å². The SMILES string of the molecule is CCC1Cc2c(C)nc(OC[C@@H]3CCN3)c(C)c2C1. The zero-order valence-electron chi connectivity index (χ0n) is 12.3. The van der Waals surface area contributed by atoms with E-state index in [2.05, 4.69) is 26.1 Å². The molecule has 0 aromatic carbocycles. The zero-order chi connectivity index (χ0) is 13.4. The van der Waals surface area contributed by atoms with Gasteiger partial charge in [-0.3, -0.25) is 0 Å². The predicted molar refractivity (Wildman–Crippen MR) is 76.8 cm³/mol. The van der Waals surface area contributed by atoms with E-state index in [-0.39, 0.29) is 0 Å². The number of nitrogens with one attached hydrogen (secondary N) is 1. The van der Waals surface area contributed by atoms with Gasteiger partial charge in [-0.1, -0.05) is 13.3 Å². The topological polar surface area (TPSA) is 34.1 Å². The van der Waals surface area contributed by atoms with Gasteiger partial charge in [0.25, 0.3) is 0 Å². The smallest absolute Gasteiger partial charge is 0.216 e. The van der Waals surface area contributed by atoms with Gasteiger partial charge in [0, 0.05) is 17.3 Å². The predicted octanol–water partition coefficient (Wildman–Crippen LogP) is 2.56. The molecule has 1 saturated heterocycles. The van der Waals surface area contributed by atoms with Gasteiger partial charge in [-0.05, 0) is 56.7 Å². The highest BCUT2D eigenvalue weighted by Crippen LogP contribution is 2.35. The van der Waals surface area contributed by atoms with Crippen molar-refractivity contribution in [3.05, 3.63) is 22.4 Å². The number of ether oxygens (including phenoxy) is 1. The van der Waals surface area contributed by atoms with E-state index in [1.807, 2.05) is 0 Å². The molecule has 0 bridgehead atoms. The van der Waals surface area contributed by atoms with E-state index >= 15 is 0 Å². The highest BCUT2D eigenvalue weighted by molar-refractivity contribution is 5.45. The van der Waals surface area contributed by atoms with Crippen LogP contribution in [-0.2, 0) is 12.8 Å². The summed E-state index contributed by atoms with van der Waals surface area (Å²) in [6.45, 7) is 8.47. The molecule has 1 unspecified atom stereocenters. The molecule has 3 heteroatoms. The molecule has 0 spiro atoms. The fourth-order valence-electron chi connectivity index (χ4n) is 3.17. The molecule has 2 aliphatic rings. The first kappa shape index (κ1) is 12.9. The van der Waals surface area contributed by atoms with Gasteiger partial charge in [-0.15, -0.1) is 0 Å². The Balaban J connectivity index is 1.80. The Labute approximate surface area is 115 Å². The van der Waals surface area contributed by atoms with Crippen LogP contribution in [0.15, 0.2) is 0 Å². The van der Waals surface area contributed by atoms with Gasteiger partial charge in [0.15, 0.2) is 0 Å². The van der Waals surface area contributed by atoms with Crippen LogP contribution in [0.5, 0.6) is 5.88 Å². The summed E-state index contributed by atoms with van der Waals surface area (Å²) < 4.78 is 5.94. The molecule has 104 valence electrons. The second kappa shape index (κ2) is 5.12. The van der Waals surface area contributed by atoms with Crippen molar-refractivity contribution in [1.29, 1.82) is 0 Å². The molecule has 3 rings (SSSR count). The molecular weight excluding hydrogens is 236 g/mol. The lowest BCUT2D eigenvalue weighted by Crippen LogP contribution is -2.46. The fourth-order valence-corrected chi connectivity index (χ4v) is 3.17. The molecule has 2 heterocycles. The van der Waals surface area contributed by atoms with E-state index in [1.54, 1.807) is 0 Å².